The molecule has 0 radical (unpaired) electrons. The van der Waals surface area contributed by atoms with Crippen LogP contribution in [0.1, 0.15) is 24.1 Å². The lowest BCUT2D eigenvalue weighted by atomic mass is 9.99. The summed E-state index contributed by atoms with van der Waals surface area (Å²) in [6.45, 7) is 2.95. The molecule has 0 saturated carbocycles. The van der Waals surface area contributed by atoms with E-state index < -0.39 is 0 Å². The molecule has 1 aromatic heterocycles. The first-order valence-corrected chi connectivity index (χ1v) is 6.17. The molecule has 0 saturated heterocycles. The quantitative estimate of drug-likeness (QED) is 0.874. The predicted octanol–water partition coefficient (Wildman–Crippen LogP) is 3.11. The highest BCUT2D eigenvalue weighted by Gasteiger charge is 2.11. The minimum atomic E-state index is -0.183. The Morgan fingerprint density at radius 2 is 2.00 bits per heavy atom. The van der Waals surface area contributed by atoms with Gasteiger partial charge in [-0.3, -0.25) is 4.98 Å². The SMILES string of the molecule is CCNC(Cc1cccc(F)c1)c1ccncc1. The minimum Gasteiger partial charge on any atom is -0.310 e. The molecule has 1 atom stereocenters. The Balaban J connectivity index is 2.16. The second-order valence-corrected chi connectivity index (χ2v) is 4.22. The normalized spacial score (nSPS) is 12.3. The Hall–Kier alpha value is -1.74. The molecule has 0 amide bonds. The third kappa shape index (κ3) is 3.37. The summed E-state index contributed by atoms with van der Waals surface area (Å²) >= 11 is 0. The van der Waals surface area contributed by atoms with Crippen LogP contribution in [0.3, 0.4) is 0 Å². The summed E-state index contributed by atoms with van der Waals surface area (Å²) in [5.41, 5.74) is 2.17. The lowest BCUT2D eigenvalue weighted by molar-refractivity contribution is 0.546. The Labute approximate surface area is 107 Å². The molecule has 0 spiro atoms. The zero-order chi connectivity index (χ0) is 12.8. The van der Waals surface area contributed by atoms with E-state index in [2.05, 4.69) is 17.2 Å². The second-order valence-electron chi connectivity index (χ2n) is 4.22. The van der Waals surface area contributed by atoms with Crippen molar-refractivity contribution in [3.8, 4) is 0 Å². The molecule has 18 heavy (non-hydrogen) atoms. The van der Waals surface area contributed by atoms with Crippen molar-refractivity contribution < 1.29 is 4.39 Å². The number of likely N-dealkylation sites (N-methyl/N-ethyl adjacent to an activating group) is 1. The molecule has 2 aromatic rings. The van der Waals surface area contributed by atoms with Gasteiger partial charge in [-0.25, -0.2) is 4.39 Å². The molecule has 0 aliphatic carbocycles. The van der Waals surface area contributed by atoms with E-state index in [1.807, 2.05) is 18.2 Å². The van der Waals surface area contributed by atoms with Crippen LogP contribution >= 0.6 is 0 Å². The van der Waals surface area contributed by atoms with E-state index in [0.717, 1.165) is 18.5 Å². The lowest BCUT2D eigenvalue weighted by Gasteiger charge is -2.18. The number of hydrogen-bond donors (Lipinski definition) is 1. The third-order valence-electron chi connectivity index (χ3n) is 2.89. The molecule has 0 aliphatic rings. The summed E-state index contributed by atoms with van der Waals surface area (Å²) in [4.78, 5) is 4.02. The summed E-state index contributed by atoms with van der Waals surface area (Å²) < 4.78 is 13.2. The molecule has 1 N–H and O–H groups in total. The van der Waals surface area contributed by atoms with E-state index in [-0.39, 0.29) is 11.9 Å². The molecule has 2 rings (SSSR count). The highest BCUT2D eigenvalue weighted by atomic mass is 19.1. The summed E-state index contributed by atoms with van der Waals surface area (Å²) in [6, 6.07) is 10.9. The van der Waals surface area contributed by atoms with Crippen LogP contribution in [-0.2, 0) is 6.42 Å². The van der Waals surface area contributed by atoms with Crippen molar-refractivity contribution in [3.63, 3.8) is 0 Å². The summed E-state index contributed by atoms with van der Waals surface area (Å²) in [7, 11) is 0. The van der Waals surface area contributed by atoms with Gasteiger partial charge in [-0.1, -0.05) is 19.1 Å². The second kappa shape index (κ2) is 6.26. The fraction of sp³-hybridized carbons (Fsp3) is 0.267. The average molecular weight is 244 g/mol. The van der Waals surface area contributed by atoms with Crippen LogP contribution in [0.4, 0.5) is 4.39 Å². The smallest absolute Gasteiger partial charge is 0.123 e. The molecule has 0 fully saturated rings. The van der Waals surface area contributed by atoms with Crippen LogP contribution in [-0.4, -0.2) is 11.5 Å². The van der Waals surface area contributed by atoms with Crippen LogP contribution in [0.2, 0.25) is 0 Å². The van der Waals surface area contributed by atoms with Crippen molar-refractivity contribution in [2.45, 2.75) is 19.4 Å². The highest BCUT2D eigenvalue weighted by Crippen LogP contribution is 2.18. The molecule has 0 bridgehead atoms. The number of halogens is 1. The van der Waals surface area contributed by atoms with Gasteiger partial charge >= 0.3 is 0 Å². The molecule has 1 heterocycles. The summed E-state index contributed by atoms with van der Waals surface area (Å²) in [5.74, 6) is -0.183. The van der Waals surface area contributed by atoms with Crippen molar-refractivity contribution >= 4 is 0 Å². The van der Waals surface area contributed by atoms with Gasteiger partial charge in [0, 0.05) is 18.4 Å². The van der Waals surface area contributed by atoms with Gasteiger partial charge in [0.2, 0.25) is 0 Å². The van der Waals surface area contributed by atoms with Crippen molar-refractivity contribution in [2.75, 3.05) is 6.54 Å². The van der Waals surface area contributed by atoms with Gasteiger partial charge in [-0.2, -0.15) is 0 Å². The largest absolute Gasteiger partial charge is 0.310 e. The molecular formula is C15H17FN2. The van der Waals surface area contributed by atoms with E-state index in [9.17, 15) is 4.39 Å². The maximum Gasteiger partial charge on any atom is 0.123 e. The number of hydrogen-bond acceptors (Lipinski definition) is 2. The molecule has 0 aliphatic heterocycles. The first kappa shape index (κ1) is 12.7. The van der Waals surface area contributed by atoms with Crippen LogP contribution in [0.25, 0.3) is 0 Å². The number of rotatable bonds is 5. The van der Waals surface area contributed by atoms with Gasteiger partial charge in [-0.15, -0.1) is 0 Å². The van der Waals surface area contributed by atoms with E-state index in [1.165, 1.54) is 11.6 Å². The van der Waals surface area contributed by atoms with Crippen LogP contribution < -0.4 is 5.32 Å². The van der Waals surface area contributed by atoms with Gasteiger partial charge in [0.1, 0.15) is 5.82 Å². The lowest BCUT2D eigenvalue weighted by Crippen LogP contribution is -2.23. The standard InChI is InChI=1S/C15H17FN2/c1-2-18-15(13-6-8-17-9-7-13)11-12-4-3-5-14(16)10-12/h3-10,15,18H,2,11H2,1H3. The summed E-state index contributed by atoms with van der Waals surface area (Å²) in [5, 5.41) is 3.42. The Kier molecular flexibility index (Phi) is 4.42. The van der Waals surface area contributed by atoms with Crippen LogP contribution in [0.5, 0.6) is 0 Å². The monoisotopic (exact) mass is 244 g/mol. The Bertz CT molecular complexity index is 485. The zero-order valence-corrected chi connectivity index (χ0v) is 10.4. The molecular weight excluding hydrogens is 227 g/mol. The zero-order valence-electron chi connectivity index (χ0n) is 10.4. The number of nitrogens with one attached hydrogen (secondary N) is 1. The maximum absolute atomic E-state index is 13.2. The third-order valence-corrected chi connectivity index (χ3v) is 2.89. The summed E-state index contributed by atoms with van der Waals surface area (Å²) in [6.07, 6.45) is 4.34. The predicted molar refractivity (Wildman–Crippen MR) is 70.8 cm³/mol. The van der Waals surface area contributed by atoms with Crippen molar-refractivity contribution in [3.05, 3.63) is 65.7 Å². The number of benzene rings is 1. The van der Waals surface area contributed by atoms with E-state index in [0.29, 0.717) is 0 Å². The first-order valence-electron chi connectivity index (χ1n) is 6.17. The molecule has 94 valence electrons. The van der Waals surface area contributed by atoms with E-state index >= 15 is 0 Å². The van der Waals surface area contributed by atoms with E-state index in [4.69, 9.17) is 0 Å². The molecule has 3 heteroatoms. The topological polar surface area (TPSA) is 24.9 Å². The van der Waals surface area contributed by atoms with E-state index in [1.54, 1.807) is 24.5 Å². The van der Waals surface area contributed by atoms with Crippen LogP contribution in [0, 0.1) is 5.82 Å². The van der Waals surface area contributed by atoms with Gasteiger partial charge in [0.25, 0.3) is 0 Å². The first-order chi connectivity index (χ1) is 8.79. The highest BCUT2D eigenvalue weighted by molar-refractivity contribution is 5.22. The average Bonchev–Trinajstić information content (AvgIpc) is 2.39. The van der Waals surface area contributed by atoms with Gasteiger partial charge < -0.3 is 5.32 Å². The van der Waals surface area contributed by atoms with Crippen molar-refractivity contribution in [2.24, 2.45) is 0 Å². The van der Waals surface area contributed by atoms with Gasteiger partial charge in [0.15, 0.2) is 0 Å². The Morgan fingerprint density at radius 1 is 1.22 bits per heavy atom. The number of aromatic nitrogens is 1. The van der Waals surface area contributed by atoms with Crippen LogP contribution in [0.15, 0.2) is 48.8 Å². The molecule has 1 aromatic carbocycles. The minimum absolute atomic E-state index is 0.183. The van der Waals surface area contributed by atoms with Crippen molar-refractivity contribution in [1.29, 1.82) is 0 Å². The van der Waals surface area contributed by atoms with Crippen molar-refractivity contribution in [1.82, 2.24) is 10.3 Å². The fourth-order valence-corrected chi connectivity index (χ4v) is 2.05. The molecule has 2 nitrogen and oxygen atoms in total. The fourth-order valence-electron chi connectivity index (χ4n) is 2.05. The number of pyridine rings is 1. The molecule has 1 unspecified atom stereocenters. The maximum atomic E-state index is 13.2. The van der Waals surface area contributed by atoms with Gasteiger partial charge in [0.05, 0.1) is 0 Å². The Morgan fingerprint density at radius 3 is 2.67 bits per heavy atom. The van der Waals surface area contributed by atoms with Gasteiger partial charge in [-0.05, 0) is 48.4 Å². The number of nitrogens with zero attached hydrogens (tertiary/aromatic N) is 1.